The van der Waals surface area contributed by atoms with E-state index in [4.69, 9.17) is 18.0 Å². The van der Waals surface area contributed by atoms with Gasteiger partial charge in [0.15, 0.2) is 10.9 Å². The van der Waals surface area contributed by atoms with Crippen LogP contribution in [-0.4, -0.2) is 33.9 Å². The van der Waals surface area contributed by atoms with E-state index in [1.807, 2.05) is 30.3 Å². The Kier molecular flexibility index (Phi) is 6.25. The molecule has 0 aliphatic carbocycles. The standard InChI is InChI=1S/C18H21N5S2/c19-17(21-22-18(24)23-11-5-2-6-12-23)16-13-15(9-10-20-16)25-14-7-3-1-4-8-14/h1,3-4,7-10,13H,2,5-6,11-12H2,(H2,19,21)(H,22,24). The van der Waals surface area contributed by atoms with E-state index >= 15 is 0 Å². The van der Waals surface area contributed by atoms with Gasteiger partial charge in [-0.3, -0.25) is 10.4 Å². The van der Waals surface area contributed by atoms with Crippen molar-refractivity contribution in [1.29, 1.82) is 0 Å². The summed E-state index contributed by atoms with van der Waals surface area (Å²) in [6, 6.07) is 14.1. The zero-order chi connectivity index (χ0) is 17.5. The molecule has 0 radical (unpaired) electrons. The van der Waals surface area contributed by atoms with Crippen molar-refractivity contribution in [1.82, 2.24) is 15.3 Å². The van der Waals surface area contributed by atoms with E-state index in [9.17, 15) is 0 Å². The largest absolute Gasteiger partial charge is 0.380 e. The quantitative estimate of drug-likeness (QED) is 0.372. The Labute approximate surface area is 157 Å². The van der Waals surface area contributed by atoms with E-state index in [0.29, 0.717) is 16.6 Å². The van der Waals surface area contributed by atoms with Gasteiger partial charge in [0.2, 0.25) is 0 Å². The van der Waals surface area contributed by atoms with Crippen molar-refractivity contribution in [3.63, 3.8) is 0 Å². The summed E-state index contributed by atoms with van der Waals surface area (Å²) < 4.78 is 0. The molecule has 1 saturated heterocycles. The minimum absolute atomic E-state index is 0.329. The molecule has 130 valence electrons. The number of hydrazone groups is 1. The Morgan fingerprint density at radius 1 is 1.12 bits per heavy atom. The van der Waals surface area contributed by atoms with Gasteiger partial charge in [0.05, 0.1) is 0 Å². The van der Waals surface area contributed by atoms with E-state index < -0.39 is 0 Å². The van der Waals surface area contributed by atoms with Gasteiger partial charge in [-0.25, -0.2) is 0 Å². The predicted octanol–water partition coefficient (Wildman–Crippen LogP) is 3.21. The summed E-state index contributed by atoms with van der Waals surface area (Å²) in [6.45, 7) is 1.95. The maximum atomic E-state index is 6.07. The van der Waals surface area contributed by atoms with Crippen molar-refractivity contribution in [3.8, 4) is 0 Å². The molecule has 1 aliphatic heterocycles. The SMILES string of the molecule is N/C(=N\NC(=S)N1CCCCC1)c1cc(Sc2ccccc2)ccn1. The van der Waals surface area contributed by atoms with Crippen molar-refractivity contribution in [2.24, 2.45) is 10.8 Å². The fraction of sp³-hybridized carbons (Fsp3) is 0.278. The fourth-order valence-corrected chi connectivity index (χ4v) is 3.67. The van der Waals surface area contributed by atoms with E-state index in [0.717, 1.165) is 18.0 Å². The van der Waals surface area contributed by atoms with Gasteiger partial charge in [-0.05, 0) is 55.7 Å². The highest BCUT2D eigenvalue weighted by molar-refractivity contribution is 7.99. The molecule has 2 heterocycles. The molecule has 1 aromatic heterocycles. The minimum atomic E-state index is 0.329. The van der Waals surface area contributed by atoms with Gasteiger partial charge < -0.3 is 10.6 Å². The van der Waals surface area contributed by atoms with Crippen molar-refractivity contribution in [2.45, 2.75) is 29.1 Å². The Morgan fingerprint density at radius 3 is 2.64 bits per heavy atom. The van der Waals surface area contributed by atoms with Crippen molar-refractivity contribution < 1.29 is 0 Å². The lowest BCUT2D eigenvalue weighted by atomic mass is 10.1. The number of aromatic nitrogens is 1. The van der Waals surface area contributed by atoms with Crippen LogP contribution in [0.1, 0.15) is 25.0 Å². The molecule has 1 aliphatic rings. The van der Waals surface area contributed by atoms with E-state index in [2.05, 4.69) is 32.5 Å². The Balaban J connectivity index is 1.64. The first-order valence-electron chi connectivity index (χ1n) is 8.30. The number of likely N-dealkylation sites (tertiary alicyclic amines) is 1. The minimum Gasteiger partial charge on any atom is -0.380 e. The lowest BCUT2D eigenvalue weighted by molar-refractivity contribution is 0.338. The first-order valence-corrected chi connectivity index (χ1v) is 9.52. The second kappa shape index (κ2) is 8.82. The number of nitrogens with two attached hydrogens (primary N) is 1. The molecule has 3 rings (SSSR count). The second-order valence-electron chi connectivity index (χ2n) is 5.75. The van der Waals surface area contributed by atoms with Crippen LogP contribution in [0.3, 0.4) is 0 Å². The average molecular weight is 372 g/mol. The van der Waals surface area contributed by atoms with Gasteiger partial charge in [-0.15, -0.1) is 0 Å². The molecular weight excluding hydrogens is 350 g/mol. The number of rotatable bonds is 4. The molecule has 0 spiro atoms. The molecule has 25 heavy (non-hydrogen) atoms. The van der Waals surface area contributed by atoms with Crippen LogP contribution in [0.2, 0.25) is 0 Å². The summed E-state index contributed by atoms with van der Waals surface area (Å²) in [5.74, 6) is 0.329. The first kappa shape index (κ1) is 17.7. The molecule has 3 N–H and O–H groups in total. The van der Waals surface area contributed by atoms with Crippen molar-refractivity contribution in [2.75, 3.05) is 13.1 Å². The van der Waals surface area contributed by atoms with Crippen LogP contribution in [0.5, 0.6) is 0 Å². The Bertz CT molecular complexity index is 742. The third-order valence-electron chi connectivity index (χ3n) is 3.89. The summed E-state index contributed by atoms with van der Waals surface area (Å²) in [4.78, 5) is 8.66. The highest BCUT2D eigenvalue weighted by atomic mass is 32.2. The third kappa shape index (κ3) is 5.17. The van der Waals surface area contributed by atoms with Gasteiger partial charge in [-0.1, -0.05) is 30.0 Å². The third-order valence-corrected chi connectivity index (χ3v) is 5.24. The van der Waals surface area contributed by atoms with Crippen LogP contribution >= 0.6 is 24.0 Å². The molecule has 1 aromatic carbocycles. The molecule has 0 atom stereocenters. The van der Waals surface area contributed by atoms with Crippen LogP contribution in [0.15, 0.2) is 63.6 Å². The summed E-state index contributed by atoms with van der Waals surface area (Å²) >= 11 is 7.04. The summed E-state index contributed by atoms with van der Waals surface area (Å²) in [5, 5.41) is 4.83. The molecule has 0 amide bonds. The fourth-order valence-electron chi connectivity index (χ4n) is 2.57. The summed E-state index contributed by atoms with van der Waals surface area (Å²) in [7, 11) is 0. The van der Waals surface area contributed by atoms with Gasteiger partial charge in [0.1, 0.15) is 5.69 Å². The van der Waals surface area contributed by atoms with Gasteiger partial charge >= 0.3 is 0 Å². The molecule has 0 unspecified atom stereocenters. The molecule has 2 aromatic rings. The summed E-state index contributed by atoms with van der Waals surface area (Å²) in [6.07, 6.45) is 5.34. The molecule has 1 fully saturated rings. The van der Waals surface area contributed by atoms with Crippen LogP contribution in [0.4, 0.5) is 0 Å². The van der Waals surface area contributed by atoms with Crippen LogP contribution < -0.4 is 11.2 Å². The summed E-state index contributed by atoms with van der Waals surface area (Å²) in [5.41, 5.74) is 9.60. The van der Waals surface area contributed by atoms with Gasteiger partial charge in [-0.2, -0.15) is 5.10 Å². The molecule has 5 nitrogen and oxygen atoms in total. The normalized spacial score (nSPS) is 15.0. The first-order chi connectivity index (χ1) is 12.2. The molecule has 7 heteroatoms. The van der Waals surface area contributed by atoms with Crippen LogP contribution in [-0.2, 0) is 0 Å². The van der Waals surface area contributed by atoms with Gasteiger partial charge in [0.25, 0.3) is 0 Å². The number of nitrogens with zero attached hydrogens (tertiary/aromatic N) is 3. The monoisotopic (exact) mass is 371 g/mol. The number of hydrogen-bond acceptors (Lipinski definition) is 4. The number of nitrogens with one attached hydrogen (secondary N) is 1. The van der Waals surface area contributed by atoms with E-state index in [1.165, 1.54) is 24.2 Å². The highest BCUT2D eigenvalue weighted by Crippen LogP contribution is 2.27. The molecular formula is C18H21N5S2. The molecule has 0 saturated carbocycles. The van der Waals surface area contributed by atoms with Gasteiger partial charge in [0, 0.05) is 29.1 Å². The maximum absolute atomic E-state index is 6.07. The number of piperidine rings is 1. The topological polar surface area (TPSA) is 66.5 Å². The average Bonchev–Trinajstić information content (AvgIpc) is 2.67. The lowest BCUT2D eigenvalue weighted by Gasteiger charge is -2.28. The lowest BCUT2D eigenvalue weighted by Crippen LogP contribution is -2.41. The smallest absolute Gasteiger partial charge is 0.189 e. The highest BCUT2D eigenvalue weighted by Gasteiger charge is 2.13. The number of pyridine rings is 1. The maximum Gasteiger partial charge on any atom is 0.189 e. The van der Waals surface area contributed by atoms with Crippen LogP contribution in [0.25, 0.3) is 0 Å². The Morgan fingerprint density at radius 2 is 1.88 bits per heavy atom. The number of benzene rings is 1. The van der Waals surface area contributed by atoms with E-state index in [1.54, 1.807) is 18.0 Å². The number of amidine groups is 1. The Hall–Kier alpha value is -2.12. The zero-order valence-electron chi connectivity index (χ0n) is 13.9. The zero-order valence-corrected chi connectivity index (χ0v) is 15.5. The van der Waals surface area contributed by atoms with Crippen LogP contribution in [0, 0.1) is 0 Å². The number of thiocarbonyl (C=S) groups is 1. The molecule has 0 bridgehead atoms. The van der Waals surface area contributed by atoms with E-state index in [-0.39, 0.29) is 0 Å². The second-order valence-corrected chi connectivity index (χ2v) is 7.29. The number of hydrogen-bond donors (Lipinski definition) is 2. The van der Waals surface area contributed by atoms with Crippen molar-refractivity contribution >= 4 is 34.9 Å². The predicted molar refractivity (Wildman–Crippen MR) is 107 cm³/mol. The van der Waals surface area contributed by atoms with Crippen molar-refractivity contribution in [3.05, 3.63) is 54.4 Å².